The van der Waals surface area contributed by atoms with E-state index in [-0.39, 0.29) is 5.76 Å². The van der Waals surface area contributed by atoms with Gasteiger partial charge in [0, 0.05) is 12.3 Å². The molecular weight excluding hydrogens is 258 g/mol. The number of aliphatic hydroxyl groups excluding tert-OH is 2. The molecule has 5 heteroatoms. The summed E-state index contributed by atoms with van der Waals surface area (Å²) in [4.78, 5) is 4.29. The van der Waals surface area contributed by atoms with E-state index in [2.05, 4.69) is 4.99 Å². The second kappa shape index (κ2) is 6.54. The monoisotopic (exact) mass is 277 g/mol. The number of para-hydroxylation sites is 1. The third-order valence-electron chi connectivity index (χ3n) is 3.06. The summed E-state index contributed by atoms with van der Waals surface area (Å²) in [5.74, 6) is 0.473. The summed E-state index contributed by atoms with van der Waals surface area (Å²) in [5.41, 5.74) is 1.41. The van der Waals surface area contributed by atoms with Gasteiger partial charge in [0.2, 0.25) is 6.29 Å². The van der Waals surface area contributed by atoms with Crippen molar-refractivity contribution in [2.24, 2.45) is 4.99 Å². The van der Waals surface area contributed by atoms with Crippen molar-refractivity contribution in [3.63, 3.8) is 0 Å². The van der Waals surface area contributed by atoms with Crippen LogP contribution in [0.25, 0.3) is 5.76 Å². The standard InChI is InChI=1S/C15H19NO4/c1-3-19-9-8-16-10(2)13-14(17)11-6-4-5-7-12(11)20-15(13)18/h4-7,15,17-18H,3,8-9H2,1-2H3/b16-10+. The third kappa shape index (κ3) is 3.00. The Bertz CT molecular complexity index is 536. The Balaban J connectivity index is 2.25. The fourth-order valence-corrected chi connectivity index (χ4v) is 2.06. The Morgan fingerprint density at radius 2 is 2.15 bits per heavy atom. The normalized spacial score (nSPS) is 18.8. The molecule has 1 atom stereocenters. The van der Waals surface area contributed by atoms with Crippen LogP contribution in [0.4, 0.5) is 0 Å². The van der Waals surface area contributed by atoms with E-state index in [1.807, 2.05) is 6.92 Å². The summed E-state index contributed by atoms with van der Waals surface area (Å²) in [7, 11) is 0. The maximum Gasteiger partial charge on any atom is 0.229 e. The first-order valence-corrected chi connectivity index (χ1v) is 6.61. The number of benzene rings is 1. The average Bonchev–Trinajstić information content (AvgIpc) is 2.43. The summed E-state index contributed by atoms with van der Waals surface area (Å²) in [5, 5.41) is 20.3. The molecule has 108 valence electrons. The van der Waals surface area contributed by atoms with Gasteiger partial charge in [-0.15, -0.1) is 0 Å². The lowest BCUT2D eigenvalue weighted by Gasteiger charge is -2.25. The first kappa shape index (κ1) is 14.6. The van der Waals surface area contributed by atoms with Crippen LogP contribution in [0.1, 0.15) is 19.4 Å². The molecule has 0 saturated heterocycles. The van der Waals surface area contributed by atoms with Crippen LogP contribution in [-0.4, -0.2) is 42.0 Å². The summed E-state index contributed by atoms with van der Waals surface area (Å²) >= 11 is 0. The fourth-order valence-electron chi connectivity index (χ4n) is 2.06. The molecule has 20 heavy (non-hydrogen) atoms. The third-order valence-corrected chi connectivity index (χ3v) is 3.06. The Morgan fingerprint density at radius 3 is 2.90 bits per heavy atom. The Morgan fingerprint density at radius 1 is 1.40 bits per heavy atom. The highest BCUT2D eigenvalue weighted by atomic mass is 16.6. The summed E-state index contributed by atoms with van der Waals surface area (Å²) in [6.45, 7) is 5.28. The molecule has 1 aromatic rings. The van der Waals surface area contributed by atoms with Crippen molar-refractivity contribution in [2.75, 3.05) is 19.8 Å². The van der Waals surface area contributed by atoms with E-state index in [0.717, 1.165) is 0 Å². The lowest BCUT2D eigenvalue weighted by molar-refractivity contribution is 0.0150. The van der Waals surface area contributed by atoms with Crippen molar-refractivity contribution in [1.29, 1.82) is 0 Å². The zero-order valence-corrected chi connectivity index (χ0v) is 11.7. The highest BCUT2D eigenvalue weighted by molar-refractivity contribution is 6.05. The molecule has 2 N–H and O–H groups in total. The molecule has 0 spiro atoms. The molecule has 1 heterocycles. The molecule has 1 aromatic carbocycles. The highest BCUT2D eigenvalue weighted by Gasteiger charge is 2.28. The number of hydrogen-bond acceptors (Lipinski definition) is 5. The van der Waals surface area contributed by atoms with Gasteiger partial charge in [-0.25, -0.2) is 0 Å². The minimum atomic E-state index is -1.21. The molecular formula is C15H19NO4. The summed E-state index contributed by atoms with van der Waals surface area (Å²) < 4.78 is 10.6. The number of rotatable bonds is 5. The number of aliphatic imine (C=N–C) groups is 1. The van der Waals surface area contributed by atoms with Crippen LogP contribution in [0.3, 0.4) is 0 Å². The Kier molecular flexibility index (Phi) is 4.76. The van der Waals surface area contributed by atoms with Gasteiger partial charge >= 0.3 is 0 Å². The number of aliphatic hydroxyl groups is 2. The quantitative estimate of drug-likeness (QED) is 0.639. The molecule has 0 amide bonds. The van der Waals surface area contributed by atoms with Gasteiger partial charge in [-0.3, -0.25) is 4.99 Å². The minimum absolute atomic E-state index is 0.0111. The van der Waals surface area contributed by atoms with E-state index in [0.29, 0.717) is 42.4 Å². The van der Waals surface area contributed by atoms with Crippen molar-refractivity contribution in [2.45, 2.75) is 20.1 Å². The molecule has 0 aromatic heterocycles. The van der Waals surface area contributed by atoms with Crippen LogP contribution in [-0.2, 0) is 4.74 Å². The van der Waals surface area contributed by atoms with E-state index in [4.69, 9.17) is 9.47 Å². The van der Waals surface area contributed by atoms with E-state index in [1.165, 1.54) is 0 Å². The van der Waals surface area contributed by atoms with Crippen LogP contribution in [0.2, 0.25) is 0 Å². The molecule has 0 radical (unpaired) electrons. The minimum Gasteiger partial charge on any atom is -0.507 e. The number of ether oxygens (including phenoxy) is 2. The first-order chi connectivity index (χ1) is 9.65. The number of hydrogen-bond donors (Lipinski definition) is 2. The predicted molar refractivity (Wildman–Crippen MR) is 77.1 cm³/mol. The molecule has 1 aliphatic rings. The van der Waals surface area contributed by atoms with Crippen molar-refractivity contribution in [3.8, 4) is 5.75 Å². The summed E-state index contributed by atoms with van der Waals surface area (Å²) in [6, 6.07) is 7.03. The van der Waals surface area contributed by atoms with Crippen LogP contribution >= 0.6 is 0 Å². The largest absolute Gasteiger partial charge is 0.507 e. The van der Waals surface area contributed by atoms with E-state index in [9.17, 15) is 10.2 Å². The zero-order chi connectivity index (χ0) is 14.5. The molecule has 2 rings (SSSR count). The molecule has 0 saturated carbocycles. The van der Waals surface area contributed by atoms with Crippen molar-refractivity contribution in [1.82, 2.24) is 0 Å². The van der Waals surface area contributed by atoms with Gasteiger partial charge < -0.3 is 19.7 Å². The van der Waals surface area contributed by atoms with Crippen molar-refractivity contribution >= 4 is 11.5 Å². The molecule has 5 nitrogen and oxygen atoms in total. The predicted octanol–water partition coefficient (Wildman–Crippen LogP) is 2.16. The van der Waals surface area contributed by atoms with Gasteiger partial charge in [-0.1, -0.05) is 12.1 Å². The molecule has 1 unspecified atom stereocenters. The molecule has 1 aliphatic heterocycles. The lowest BCUT2D eigenvalue weighted by Crippen LogP contribution is -2.28. The molecule has 0 aliphatic carbocycles. The molecule has 0 fully saturated rings. The van der Waals surface area contributed by atoms with Gasteiger partial charge in [0.05, 0.1) is 24.3 Å². The zero-order valence-electron chi connectivity index (χ0n) is 11.7. The van der Waals surface area contributed by atoms with Gasteiger partial charge in [0.1, 0.15) is 11.5 Å². The first-order valence-electron chi connectivity index (χ1n) is 6.61. The Hall–Kier alpha value is -1.85. The number of fused-ring (bicyclic) bond motifs is 1. The second-order valence-electron chi connectivity index (χ2n) is 4.39. The van der Waals surface area contributed by atoms with Crippen molar-refractivity contribution < 1.29 is 19.7 Å². The van der Waals surface area contributed by atoms with Crippen LogP contribution in [0.5, 0.6) is 5.75 Å². The smallest absolute Gasteiger partial charge is 0.229 e. The van der Waals surface area contributed by atoms with Crippen LogP contribution in [0.15, 0.2) is 34.8 Å². The van der Waals surface area contributed by atoms with Crippen LogP contribution < -0.4 is 4.74 Å². The Labute approximate surface area is 118 Å². The van der Waals surface area contributed by atoms with Crippen LogP contribution in [0, 0.1) is 0 Å². The van der Waals surface area contributed by atoms with Gasteiger partial charge in [-0.05, 0) is 26.0 Å². The average molecular weight is 277 g/mol. The van der Waals surface area contributed by atoms with E-state index < -0.39 is 6.29 Å². The maximum absolute atomic E-state index is 10.3. The topological polar surface area (TPSA) is 71.3 Å². The second-order valence-corrected chi connectivity index (χ2v) is 4.39. The summed E-state index contributed by atoms with van der Waals surface area (Å²) in [6.07, 6.45) is -1.21. The maximum atomic E-state index is 10.3. The molecule has 0 bridgehead atoms. The van der Waals surface area contributed by atoms with Gasteiger partial charge in [0.25, 0.3) is 0 Å². The SMILES string of the molecule is CCOCC/N=C(\C)C1=C(O)c2ccccc2OC1O. The van der Waals surface area contributed by atoms with E-state index >= 15 is 0 Å². The van der Waals surface area contributed by atoms with Gasteiger partial charge in [-0.2, -0.15) is 0 Å². The van der Waals surface area contributed by atoms with Crippen molar-refractivity contribution in [3.05, 3.63) is 35.4 Å². The van der Waals surface area contributed by atoms with Gasteiger partial charge in [0.15, 0.2) is 0 Å². The fraction of sp³-hybridized carbons (Fsp3) is 0.400. The lowest BCUT2D eigenvalue weighted by atomic mass is 10.0. The highest BCUT2D eigenvalue weighted by Crippen LogP contribution is 2.33. The van der Waals surface area contributed by atoms with E-state index in [1.54, 1.807) is 31.2 Å². The number of nitrogens with zero attached hydrogens (tertiary/aromatic N) is 1.